The van der Waals surface area contributed by atoms with E-state index in [1.807, 2.05) is 67.6 Å². The molecule has 0 saturated carbocycles. The number of nitrogens with one attached hydrogen (secondary N) is 1. The number of pyridine rings is 2. The monoisotopic (exact) mass is 373 g/mol. The standard InChI is InChI=1S/C22H16ClN3O/c1-14-7-6-12-21(24-14)26-22(27)17-13-20(16-9-2-4-10-18(16)23)25-19-11-5-3-8-15(17)19/h2-13H,1H3,(H,24,26,27). The van der Waals surface area contributed by atoms with Crippen LogP contribution in [0, 0.1) is 6.92 Å². The number of anilines is 1. The smallest absolute Gasteiger partial charge is 0.257 e. The zero-order valence-corrected chi connectivity index (χ0v) is 15.4. The summed E-state index contributed by atoms with van der Waals surface area (Å²) in [6.45, 7) is 1.88. The van der Waals surface area contributed by atoms with Crippen LogP contribution in [0.15, 0.2) is 72.8 Å². The van der Waals surface area contributed by atoms with Gasteiger partial charge in [-0.05, 0) is 37.3 Å². The van der Waals surface area contributed by atoms with Gasteiger partial charge in [0.1, 0.15) is 5.82 Å². The van der Waals surface area contributed by atoms with Crippen LogP contribution in [0.4, 0.5) is 5.82 Å². The lowest BCUT2D eigenvalue weighted by atomic mass is 10.0. The second-order valence-electron chi connectivity index (χ2n) is 6.17. The number of carbonyl (C=O) groups is 1. The predicted molar refractivity (Wildman–Crippen MR) is 109 cm³/mol. The minimum absolute atomic E-state index is 0.236. The van der Waals surface area contributed by atoms with Crippen molar-refractivity contribution in [3.8, 4) is 11.3 Å². The second kappa shape index (κ2) is 7.17. The molecule has 5 heteroatoms. The molecule has 132 valence electrons. The van der Waals surface area contributed by atoms with Gasteiger partial charge < -0.3 is 5.32 Å². The Hall–Kier alpha value is -3.24. The lowest BCUT2D eigenvalue weighted by Gasteiger charge is -2.11. The van der Waals surface area contributed by atoms with Gasteiger partial charge in [-0.2, -0.15) is 0 Å². The fraction of sp³-hybridized carbons (Fsp3) is 0.0455. The Morgan fingerprint density at radius 2 is 1.70 bits per heavy atom. The van der Waals surface area contributed by atoms with Crippen LogP contribution in [0.2, 0.25) is 5.02 Å². The minimum Gasteiger partial charge on any atom is -0.307 e. The Morgan fingerprint density at radius 3 is 2.52 bits per heavy atom. The normalized spacial score (nSPS) is 10.7. The number of hydrogen-bond donors (Lipinski definition) is 1. The van der Waals surface area contributed by atoms with Crippen LogP contribution in [0.3, 0.4) is 0 Å². The van der Waals surface area contributed by atoms with E-state index in [0.29, 0.717) is 22.1 Å². The number of carbonyl (C=O) groups excluding carboxylic acids is 1. The first-order chi connectivity index (χ1) is 13.1. The summed E-state index contributed by atoms with van der Waals surface area (Å²) >= 11 is 6.34. The quantitative estimate of drug-likeness (QED) is 0.515. The molecular formula is C22H16ClN3O. The van der Waals surface area contributed by atoms with E-state index < -0.39 is 0 Å². The van der Waals surface area contributed by atoms with Crippen molar-refractivity contribution in [1.29, 1.82) is 0 Å². The molecule has 0 aliphatic rings. The number of hydrogen-bond acceptors (Lipinski definition) is 3. The summed E-state index contributed by atoms with van der Waals surface area (Å²) in [5, 5.41) is 4.24. The number of aryl methyl sites for hydroxylation is 1. The fourth-order valence-electron chi connectivity index (χ4n) is 2.97. The molecule has 1 amide bonds. The van der Waals surface area contributed by atoms with Crippen LogP contribution < -0.4 is 5.32 Å². The molecule has 0 aliphatic heterocycles. The predicted octanol–water partition coefficient (Wildman–Crippen LogP) is 5.51. The number of rotatable bonds is 3. The van der Waals surface area contributed by atoms with E-state index in [0.717, 1.165) is 22.2 Å². The minimum atomic E-state index is -0.236. The molecule has 0 radical (unpaired) electrons. The maximum Gasteiger partial charge on any atom is 0.257 e. The zero-order valence-electron chi connectivity index (χ0n) is 14.6. The van der Waals surface area contributed by atoms with Crippen LogP contribution >= 0.6 is 11.6 Å². The fourth-order valence-corrected chi connectivity index (χ4v) is 3.20. The highest BCUT2D eigenvalue weighted by atomic mass is 35.5. The SMILES string of the molecule is Cc1cccc(NC(=O)c2cc(-c3ccccc3Cl)nc3ccccc23)n1. The van der Waals surface area contributed by atoms with E-state index in [4.69, 9.17) is 16.6 Å². The maximum atomic E-state index is 13.0. The molecule has 0 bridgehead atoms. The van der Waals surface area contributed by atoms with Gasteiger partial charge >= 0.3 is 0 Å². The summed E-state index contributed by atoms with van der Waals surface area (Å²) in [4.78, 5) is 22.0. The van der Waals surface area contributed by atoms with Crippen molar-refractivity contribution < 1.29 is 4.79 Å². The molecule has 2 heterocycles. The van der Waals surface area contributed by atoms with Gasteiger partial charge in [-0.15, -0.1) is 0 Å². The highest BCUT2D eigenvalue weighted by Crippen LogP contribution is 2.30. The van der Waals surface area contributed by atoms with Gasteiger partial charge in [-0.1, -0.05) is 54.1 Å². The first-order valence-electron chi connectivity index (χ1n) is 8.51. The van der Waals surface area contributed by atoms with Crippen LogP contribution in [0.5, 0.6) is 0 Å². The molecule has 27 heavy (non-hydrogen) atoms. The zero-order chi connectivity index (χ0) is 18.8. The summed E-state index contributed by atoms with van der Waals surface area (Å²) in [6, 6.07) is 22.3. The summed E-state index contributed by atoms with van der Waals surface area (Å²) in [5.41, 5.74) is 3.54. The topological polar surface area (TPSA) is 54.9 Å². The van der Waals surface area contributed by atoms with Crippen molar-refractivity contribution in [2.75, 3.05) is 5.32 Å². The third kappa shape index (κ3) is 3.52. The van der Waals surface area contributed by atoms with Crippen LogP contribution in [0.25, 0.3) is 22.2 Å². The number of nitrogens with zero attached hydrogens (tertiary/aromatic N) is 2. The van der Waals surface area contributed by atoms with E-state index >= 15 is 0 Å². The summed E-state index contributed by atoms with van der Waals surface area (Å²) in [7, 11) is 0. The van der Waals surface area contributed by atoms with Crippen LogP contribution in [0.1, 0.15) is 16.1 Å². The Balaban J connectivity index is 1.83. The van der Waals surface area contributed by atoms with Gasteiger partial charge in [0.15, 0.2) is 0 Å². The third-order valence-electron chi connectivity index (χ3n) is 4.24. The molecule has 2 aromatic carbocycles. The lowest BCUT2D eigenvalue weighted by Crippen LogP contribution is -2.14. The molecule has 0 spiro atoms. The van der Waals surface area contributed by atoms with Crippen LogP contribution in [-0.2, 0) is 0 Å². The number of halogens is 1. The molecular weight excluding hydrogens is 358 g/mol. The first kappa shape index (κ1) is 17.2. The van der Waals surface area contributed by atoms with Gasteiger partial charge in [0.2, 0.25) is 0 Å². The van der Waals surface area contributed by atoms with Gasteiger partial charge in [0.05, 0.1) is 16.8 Å². The Bertz CT molecular complexity index is 1160. The summed E-state index contributed by atoms with van der Waals surface area (Å²) in [6.07, 6.45) is 0. The first-order valence-corrected chi connectivity index (χ1v) is 8.89. The molecule has 4 rings (SSSR count). The van der Waals surface area contributed by atoms with E-state index in [9.17, 15) is 4.79 Å². The molecule has 0 saturated heterocycles. The van der Waals surface area contributed by atoms with Gasteiger partial charge in [-0.25, -0.2) is 9.97 Å². The highest BCUT2D eigenvalue weighted by molar-refractivity contribution is 6.33. The van der Waals surface area contributed by atoms with E-state index in [1.54, 1.807) is 12.1 Å². The molecule has 0 fully saturated rings. The van der Waals surface area contributed by atoms with Crippen LogP contribution in [-0.4, -0.2) is 15.9 Å². The number of benzene rings is 2. The number of amides is 1. The Labute approximate surface area is 161 Å². The number of aromatic nitrogens is 2. The second-order valence-corrected chi connectivity index (χ2v) is 6.58. The molecule has 2 aromatic heterocycles. The van der Waals surface area contributed by atoms with E-state index in [1.165, 1.54) is 0 Å². The van der Waals surface area contributed by atoms with Crippen molar-refractivity contribution in [2.24, 2.45) is 0 Å². The third-order valence-corrected chi connectivity index (χ3v) is 4.57. The largest absolute Gasteiger partial charge is 0.307 e. The van der Waals surface area contributed by atoms with Crippen molar-refractivity contribution >= 4 is 34.2 Å². The van der Waals surface area contributed by atoms with Crippen molar-refractivity contribution in [2.45, 2.75) is 6.92 Å². The van der Waals surface area contributed by atoms with Crippen molar-refractivity contribution in [1.82, 2.24) is 9.97 Å². The Kier molecular flexibility index (Phi) is 4.57. The molecule has 0 unspecified atom stereocenters. The van der Waals surface area contributed by atoms with Gasteiger partial charge in [-0.3, -0.25) is 4.79 Å². The molecule has 1 N–H and O–H groups in total. The molecule has 4 aromatic rings. The van der Waals surface area contributed by atoms with E-state index in [2.05, 4.69) is 10.3 Å². The molecule has 4 nitrogen and oxygen atoms in total. The maximum absolute atomic E-state index is 13.0. The molecule has 0 atom stereocenters. The highest BCUT2D eigenvalue weighted by Gasteiger charge is 2.15. The van der Waals surface area contributed by atoms with E-state index in [-0.39, 0.29) is 5.91 Å². The van der Waals surface area contributed by atoms with Gasteiger partial charge in [0.25, 0.3) is 5.91 Å². The average molecular weight is 374 g/mol. The van der Waals surface area contributed by atoms with Crippen molar-refractivity contribution in [3.05, 3.63) is 89.1 Å². The summed E-state index contributed by atoms with van der Waals surface area (Å²) in [5.74, 6) is 0.278. The number of para-hydroxylation sites is 1. The molecule has 0 aliphatic carbocycles. The van der Waals surface area contributed by atoms with Gasteiger partial charge in [0, 0.05) is 21.7 Å². The lowest BCUT2D eigenvalue weighted by molar-refractivity contribution is 0.102. The number of fused-ring (bicyclic) bond motifs is 1. The summed E-state index contributed by atoms with van der Waals surface area (Å²) < 4.78 is 0. The van der Waals surface area contributed by atoms with Crippen molar-refractivity contribution in [3.63, 3.8) is 0 Å². The average Bonchev–Trinajstić information content (AvgIpc) is 2.67. The Morgan fingerprint density at radius 1 is 0.926 bits per heavy atom.